The van der Waals surface area contributed by atoms with Gasteiger partial charge in [-0.2, -0.15) is 0 Å². The molecule has 3 N–H and O–H groups in total. The summed E-state index contributed by atoms with van der Waals surface area (Å²) in [5, 5.41) is 10.5. The third kappa shape index (κ3) is 5.23. The summed E-state index contributed by atoms with van der Waals surface area (Å²) in [5.41, 5.74) is 3.47. The van der Waals surface area contributed by atoms with Gasteiger partial charge in [-0.15, -0.1) is 11.3 Å². The predicted octanol–water partition coefficient (Wildman–Crippen LogP) is 1.04. The molecule has 1 aromatic heterocycles. The Kier molecular flexibility index (Phi) is 4.84. The van der Waals surface area contributed by atoms with Crippen LogP contribution in [0.1, 0.15) is 36.8 Å². The monoisotopic (exact) mass is 287 g/mol. The van der Waals surface area contributed by atoms with E-state index in [1.807, 2.05) is 0 Å². The molecule has 1 rings (SSSR count). The molecule has 0 aliphatic heterocycles. The van der Waals surface area contributed by atoms with Crippen LogP contribution in [0.25, 0.3) is 0 Å². The first-order chi connectivity index (χ1) is 8.69. The highest BCUT2D eigenvalue weighted by Crippen LogP contribution is 2.20. The van der Waals surface area contributed by atoms with Crippen molar-refractivity contribution in [1.82, 2.24) is 15.8 Å². The molecule has 106 valence electrons. The number of carbonyl (C=O) groups excluding carboxylic acids is 2. The molecule has 0 saturated carbocycles. The molecule has 0 aliphatic carbocycles. The summed E-state index contributed by atoms with van der Waals surface area (Å²) in [5.74, 6) is -0.755. The average Bonchev–Trinajstić information content (AvgIpc) is 2.69. The van der Waals surface area contributed by atoms with E-state index in [0.29, 0.717) is 4.88 Å². The lowest BCUT2D eigenvalue weighted by atomic mass is 10.2. The Morgan fingerprint density at radius 3 is 2.53 bits per heavy atom. The van der Waals surface area contributed by atoms with E-state index >= 15 is 0 Å². The number of nitrogens with one attached hydrogen (secondary N) is 2. The Labute approximate surface area is 115 Å². The number of amides is 2. The minimum absolute atomic E-state index is 0.404. The summed E-state index contributed by atoms with van der Waals surface area (Å²) in [7, 11) is 0. The van der Waals surface area contributed by atoms with E-state index in [4.69, 9.17) is 4.74 Å². The highest BCUT2D eigenvalue weighted by Gasteiger charge is 2.21. The van der Waals surface area contributed by atoms with Crippen LogP contribution in [0, 0.1) is 6.92 Å². The number of aromatic nitrogens is 1. The van der Waals surface area contributed by atoms with Crippen molar-refractivity contribution in [3.05, 3.63) is 16.1 Å². The zero-order valence-electron chi connectivity index (χ0n) is 11.2. The molecular formula is C11H17N3O4S. The first-order valence-electron chi connectivity index (χ1n) is 5.58. The molecule has 0 saturated heterocycles. The maximum Gasteiger partial charge on any atom is 0.426 e. The van der Waals surface area contributed by atoms with Gasteiger partial charge in [0.2, 0.25) is 0 Å². The van der Waals surface area contributed by atoms with Crippen molar-refractivity contribution in [2.45, 2.75) is 39.4 Å². The van der Waals surface area contributed by atoms with Gasteiger partial charge in [-0.3, -0.25) is 10.2 Å². The van der Waals surface area contributed by atoms with E-state index in [1.165, 1.54) is 17.5 Å². The standard InChI is InChI=1S/C11H17N3O4S/c1-6-12-5-7(19-6)8(15)9(16)13-14-10(17)18-11(2,3)4/h5,8,15H,1-4H3,(H,13,16)(H,14,17). The van der Waals surface area contributed by atoms with Gasteiger partial charge >= 0.3 is 6.09 Å². The number of rotatable bonds is 2. The van der Waals surface area contributed by atoms with E-state index in [-0.39, 0.29) is 0 Å². The fraction of sp³-hybridized carbons (Fsp3) is 0.545. The molecule has 0 aromatic carbocycles. The number of ether oxygens (including phenoxy) is 1. The molecule has 7 nitrogen and oxygen atoms in total. The van der Waals surface area contributed by atoms with E-state index in [2.05, 4.69) is 15.8 Å². The number of aliphatic hydroxyl groups is 1. The molecule has 1 heterocycles. The molecule has 1 atom stereocenters. The highest BCUT2D eigenvalue weighted by atomic mass is 32.1. The minimum Gasteiger partial charge on any atom is -0.443 e. The van der Waals surface area contributed by atoms with Crippen LogP contribution in [0.5, 0.6) is 0 Å². The van der Waals surface area contributed by atoms with Gasteiger partial charge in [0, 0.05) is 6.20 Å². The average molecular weight is 287 g/mol. The van der Waals surface area contributed by atoms with Gasteiger partial charge in [-0.05, 0) is 27.7 Å². The van der Waals surface area contributed by atoms with E-state index < -0.39 is 23.7 Å². The predicted molar refractivity (Wildman–Crippen MR) is 69.3 cm³/mol. The number of aryl methyl sites for hydroxylation is 1. The van der Waals surface area contributed by atoms with Crippen molar-refractivity contribution in [3.8, 4) is 0 Å². The number of aliphatic hydroxyl groups excluding tert-OH is 1. The van der Waals surface area contributed by atoms with Gasteiger partial charge in [-0.1, -0.05) is 0 Å². The molecule has 1 aromatic rings. The quantitative estimate of drug-likeness (QED) is 0.706. The SMILES string of the molecule is Cc1ncc(C(O)C(=O)NNC(=O)OC(C)(C)C)s1. The van der Waals surface area contributed by atoms with Crippen molar-refractivity contribution < 1.29 is 19.4 Å². The van der Waals surface area contributed by atoms with Gasteiger partial charge in [0.25, 0.3) is 5.91 Å². The summed E-state index contributed by atoms with van der Waals surface area (Å²) in [6.45, 7) is 6.85. The first-order valence-corrected chi connectivity index (χ1v) is 6.40. The number of carbonyl (C=O) groups is 2. The molecule has 8 heteroatoms. The van der Waals surface area contributed by atoms with Crippen molar-refractivity contribution in [2.75, 3.05) is 0 Å². The maximum atomic E-state index is 11.6. The number of nitrogens with zero attached hydrogens (tertiary/aromatic N) is 1. The number of thiazole rings is 1. The van der Waals surface area contributed by atoms with E-state index in [0.717, 1.165) is 5.01 Å². The first kappa shape index (κ1) is 15.4. The summed E-state index contributed by atoms with van der Waals surface area (Å²) >= 11 is 1.20. The Bertz CT molecular complexity index is 467. The van der Waals surface area contributed by atoms with Crippen molar-refractivity contribution in [1.29, 1.82) is 0 Å². The normalized spacial score (nSPS) is 12.7. The summed E-state index contributed by atoms with van der Waals surface area (Å²) in [6, 6.07) is 0. The Balaban J connectivity index is 2.45. The molecule has 2 amide bonds. The van der Waals surface area contributed by atoms with Gasteiger partial charge in [0.1, 0.15) is 5.60 Å². The third-order valence-electron chi connectivity index (χ3n) is 1.84. The number of hydrogen-bond donors (Lipinski definition) is 3. The molecule has 0 aliphatic rings. The maximum absolute atomic E-state index is 11.6. The lowest BCUT2D eigenvalue weighted by Gasteiger charge is -2.20. The molecule has 0 bridgehead atoms. The van der Waals surface area contributed by atoms with Crippen LogP contribution in [0.3, 0.4) is 0 Å². The minimum atomic E-state index is -1.37. The lowest BCUT2D eigenvalue weighted by Crippen LogP contribution is -2.46. The van der Waals surface area contributed by atoms with Gasteiger partial charge < -0.3 is 9.84 Å². The third-order valence-corrected chi connectivity index (χ3v) is 2.81. The van der Waals surface area contributed by atoms with Crippen molar-refractivity contribution >= 4 is 23.3 Å². The summed E-state index contributed by atoms with van der Waals surface area (Å²) < 4.78 is 4.92. The van der Waals surface area contributed by atoms with Crippen LogP contribution in [-0.4, -0.2) is 27.7 Å². The Hall–Kier alpha value is -1.67. The lowest BCUT2D eigenvalue weighted by molar-refractivity contribution is -0.130. The molecule has 0 fully saturated rings. The molecule has 19 heavy (non-hydrogen) atoms. The fourth-order valence-corrected chi connectivity index (χ4v) is 1.89. The van der Waals surface area contributed by atoms with Crippen LogP contribution in [0.4, 0.5) is 4.79 Å². The number of hydrogen-bond acceptors (Lipinski definition) is 6. The van der Waals surface area contributed by atoms with Crippen molar-refractivity contribution in [2.24, 2.45) is 0 Å². The topological polar surface area (TPSA) is 101 Å². The molecule has 0 radical (unpaired) electrons. The second-order valence-corrected chi connectivity index (χ2v) is 6.07. The van der Waals surface area contributed by atoms with Crippen LogP contribution < -0.4 is 10.9 Å². The molecule has 1 unspecified atom stereocenters. The smallest absolute Gasteiger partial charge is 0.426 e. The van der Waals surface area contributed by atoms with Crippen LogP contribution >= 0.6 is 11.3 Å². The van der Waals surface area contributed by atoms with Gasteiger partial charge in [0.05, 0.1) is 9.88 Å². The van der Waals surface area contributed by atoms with E-state index in [1.54, 1.807) is 27.7 Å². The summed E-state index contributed by atoms with van der Waals surface area (Å²) in [4.78, 5) is 27.2. The Morgan fingerprint density at radius 2 is 2.05 bits per heavy atom. The van der Waals surface area contributed by atoms with Crippen molar-refractivity contribution in [3.63, 3.8) is 0 Å². The fourth-order valence-electron chi connectivity index (χ4n) is 1.12. The van der Waals surface area contributed by atoms with Gasteiger partial charge in [-0.25, -0.2) is 15.2 Å². The molecule has 0 spiro atoms. The van der Waals surface area contributed by atoms with Crippen LogP contribution in [0.15, 0.2) is 6.20 Å². The Morgan fingerprint density at radius 1 is 1.42 bits per heavy atom. The van der Waals surface area contributed by atoms with E-state index in [9.17, 15) is 14.7 Å². The number of hydrazine groups is 1. The second-order valence-electron chi connectivity index (χ2n) is 4.80. The zero-order chi connectivity index (χ0) is 14.6. The van der Waals surface area contributed by atoms with Gasteiger partial charge in [0.15, 0.2) is 6.10 Å². The highest BCUT2D eigenvalue weighted by molar-refractivity contribution is 7.11. The van der Waals surface area contributed by atoms with Crippen LogP contribution in [-0.2, 0) is 9.53 Å². The zero-order valence-corrected chi connectivity index (χ0v) is 12.0. The molecular weight excluding hydrogens is 270 g/mol. The van der Waals surface area contributed by atoms with Crippen LogP contribution in [0.2, 0.25) is 0 Å². The largest absolute Gasteiger partial charge is 0.443 e. The second kappa shape index (κ2) is 5.98. The summed E-state index contributed by atoms with van der Waals surface area (Å²) in [6.07, 6.45) is -0.757.